The summed E-state index contributed by atoms with van der Waals surface area (Å²) in [6.07, 6.45) is 3.22. The number of para-hydroxylation sites is 1. The number of nitrogens with one attached hydrogen (secondary N) is 1. The number of hydrogen-bond donors (Lipinski definition) is 1. The van der Waals surface area contributed by atoms with Crippen LogP contribution in [0.1, 0.15) is 17.3 Å². The van der Waals surface area contributed by atoms with Crippen LogP contribution in [-0.4, -0.2) is 27.7 Å². The molecule has 1 atom stereocenters. The number of aromatic nitrogens is 2. The molecule has 4 nitrogen and oxygen atoms in total. The number of carbonyl (C=O) groups excluding carboxylic acids is 1. The van der Waals surface area contributed by atoms with Crippen LogP contribution in [0.5, 0.6) is 0 Å². The summed E-state index contributed by atoms with van der Waals surface area (Å²) in [4.78, 5) is 20.5. The van der Waals surface area contributed by atoms with Crippen molar-refractivity contribution in [2.75, 3.05) is 11.9 Å². The molecule has 0 spiro atoms. The summed E-state index contributed by atoms with van der Waals surface area (Å²) in [6, 6.07) is 5.44. The Labute approximate surface area is 114 Å². The Balaban J connectivity index is 2.22. The molecule has 1 amide bonds. The molecule has 0 radical (unpaired) electrons. The van der Waals surface area contributed by atoms with E-state index in [4.69, 9.17) is 0 Å². The van der Waals surface area contributed by atoms with E-state index in [-0.39, 0.29) is 5.91 Å². The SMILES string of the molecule is CC(CBr)CNC(=O)c1cccc2nccnc12. The van der Waals surface area contributed by atoms with E-state index >= 15 is 0 Å². The summed E-state index contributed by atoms with van der Waals surface area (Å²) in [5.41, 5.74) is 1.95. The molecule has 0 fully saturated rings. The van der Waals surface area contributed by atoms with E-state index in [1.54, 1.807) is 18.5 Å². The van der Waals surface area contributed by atoms with Gasteiger partial charge in [-0.15, -0.1) is 0 Å². The second-order valence-electron chi connectivity index (χ2n) is 4.20. The van der Waals surface area contributed by atoms with Gasteiger partial charge in [-0.3, -0.25) is 14.8 Å². The van der Waals surface area contributed by atoms with Gasteiger partial charge in [-0.2, -0.15) is 0 Å². The zero-order chi connectivity index (χ0) is 13.0. The van der Waals surface area contributed by atoms with Gasteiger partial charge in [-0.25, -0.2) is 0 Å². The Hall–Kier alpha value is -1.49. The van der Waals surface area contributed by atoms with Crippen molar-refractivity contribution in [3.8, 4) is 0 Å². The minimum Gasteiger partial charge on any atom is -0.352 e. The van der Waals surface area contributed by atoms with Crippen LogP contribution in [0.25, 0.3) is 11.0 Å². The predicted octanol–water partition coefficient (Wildman–Crippen LogP) is 2.39. The third-order valence-electron chi connectivity index (χ3n) is 2.62. The average Bonchev–Trinajstić information content (AvgIpc) is 2.43. The number of benzene rings is 1. The van der Waals surface area contributed by atoms with Crippen molar-refractivity contribution in [2.24, 2.45) is 5.92 Å². The maximum Gasteiger partial charge on any atom is 0.253 e. The van der Waals surface area contributed by atoms with Crippen molar-refractivity contribution in [2.45, 2.75) is 6.92 Å². The van der Waals surface area contributed by atoms with Crippen molar-refractivity contribution in [3.63, 3.8) is 0 Å². The van der Waals surface area contributed by atoms with Gasteiger partial charge in [0.25, 0.3) is 5.91 Å². The molecule has 18 heavy (non-hydrogen) atoms. The number of alkyl halides is 1. The Morgan fingerprint density at radius 1 is 1.39 bits per heavy atom. The second kappa shape index (κ2) is 5.91. The van der Waals surface area contributed by atoms with E-state index in [9.17, 15) is 4.79 Å². The molecular formula is C13H14BrN3O. The fourth-order valence-electron chi connectivity index (χ4n) is 1.59. The normalized spacial score (nSPS) is 12.3. The van der Waals surface area contributed by atoms with Gasteiger partial charge in [0.2, 0.25) is 0 Å². The third-order valence-corrected chi connectivity index (χ3v) is 3.72. The zero-order valence-corrected chi connectivity index (χ0v) is 11.6. The fraction of sp³-hybridized carbons (Fsp3) is 0.308. The lowest BCUT2D eigenvalue weighted by atomic mass is 10.1. The number of rotatable bonds is 4. The van der Waals surface area contributed by atoms with Gasteiger partial charge in [0.05, 0.1) is 11.1 Å². The Bertz CT molecular complexity index is 553. The highest BCUT2D eigenvalue weighted by molar-refractivity contribution is 9.09. The molecule has 0 bridgehead atoms. The first kappa shape index (κ1) is 13.0. The van der Waals surface area contributed by atoms with Crippen molar-refractivity contribution in [1.29, 1.82) is 0 Å². The largest absolute Gasteiger partial charge is 0.352 e. The van der Waals surface area contributed by atoms with E-state index in [1.165, 1.54) is 0 Å². The third kappa shape index (κ3) is 2.85. The summed E-state index contributed by atoms with van der Waals surface area (Å²) in [5, 5.41) is 3.77. The van der Waals surface area contributed by atoms with Crippen molar-refractivity contribution >= 4 is 32.9 Å². The van der Waals surface area contributed by atoms with Crippen LogP contribution >= 0.6 is 15.9 Å². The van der Waals surface area contributed by atoms with Gasteiger partial charge < -0.3 is 5.32 Å². The summed E-state index contributed by atoms with van der Waals surface area (Å²) < 4.78 is 0. The van der Waals surface area contributed by atoms with Gasteiger partial charge in [-0.05, 0) is 18.1 Å². The molecule has 0 aliphatic rings. The molecule has 0 aliphatic carbocycles. The van der Waals surface area contributed by atoms with Gasteiger partial charge in [0, 0.05) is 24.3 Å². The zero-order valence-electron chi connectivity index (χ0n) is 10.1. The topological polar surface area (TPSA) is 54.9 Å². The predicted molar refractivity (Wildman–Crippen MR) is 74.8 cm³/mol. The molecular weight excluding hydrogens is 294 g/mol. The summed E-state index contributed by atoms with van der Waals surface area (Å²) in [6.45, 7) is 2.71. The number of amides is 1. The lowest BCUT2D eigenvalue weighted by molar-refractivity contribution is 0.0951. The number of fused-ring (bicyclic) bond motifs is 1. The van der Waals surface area contributed by atoms with Crippen LogP contribution < -0.4 is 5.32 Å². The number of hydrogen-bond acceptors (Lipinski definition) is 3. The Morgan fingerprint density at radius 2 is 2.17 bits per heavy atom. The van der Waals surface area contributed by atoms with Crippen LogP contribution in [0, 0.1) is 5.92 Å². The highest BCUT2D eigenvalue weighted by Crippen LogP contribution is 2.13. The highest BCUT2D eigenvalue weighted by Gasteiger charge is 2.11. The number of nitrogens with zero attached hydrogens (tertiary/aromatic N) is 2. The molecule has 1 aromatic heterocycles. The molecule has 1 aromatic carbocycles. The second-order valence-corrected chi connectivity index (χ2v) is 4.85. The summed E-state index contributed by atoms with van der Waals surface area (Å²) >= 11 is 3.39. The molecule has 2 rings (SSSR count). The first-order chi connectivity index (χ1) is 8.72. The summed E-state index contributed by atoms with van der Waals surface area (Å²) in [7, 11) is 0. The summed E-state index contributed by atoms with van der Waals surface area (Å²) in [5.74, 6) is 0.295. The maximum absolute atomic E-state index is 12.1. The standard InChI is InChI=1S/C13H14BrN3O/c1-9(7-14)8-17-13(18)10-3-2-4-11-12(10)16-6-5-15-11/h2-6,9H,7-8H2,1H3,(H,17,18). The van der Waals surface area contributed by atoms with Crippen LogP contribution in [0.3, 0.4) is 0 Å². The van der Waals surface area contributed by atoms with Crippen molar-refractivity contribution < 1.29 is 4.79 Å². The Morgan fingerprint density at radius 3 is 2.94 bits per heavy atom. The van der Waals surface area contributed by atoms with Crippen LogP contribution in [-0.2, 0) is 0 Å². The number of halogens is 1. The smallest absolute Gasteiger partial charge is 0.253 e. The van der Waals surface area contributed by atoms with Crippen LogP contribution in [0.2, 0.25) is 0 Å². The molecule has 0 saturated carbocycles. The minimum atomic E-state index is -0.103. The minimum absolute atomic E-state index is 0.103. The first-order valence-corrected chi connectivity index (χ1v) is 6.88. The Kier molecular flexibility index (Phi) is 4.25. The van der Waals surface area contributed by atoms with E-state index in [0.29, 0.717) is 23.5 Å². The number of carbonyl (C=O) groups is 1. The van der Waals surface area contributed by atoms with Gasteiger partial charge in [0.1, 0.15) is 5.52 Å². The van der Waals surface area contributed by atoms with Crippen LogP contribution in [0.15, 0.2) is 30.6 Å². The first-order valence-electron chi connectivity index (χ1n) is 5.76. The lowest BCUT2D eigenvalue weighted by Gasteiger charge is -2.10. The quantitative estimate of drug-likeness (QED) is 0.882. The molecule has 5 heteroatoms. The van der Waals surface area contributed by atoms with E-state index in [2.05, 4.69) is 38.1 Å². The van der Waals surface area contributed by atoms with Crippen LogP contribution in [0.4, 0.5) is 0 Å². The molecule has 1 N–H and O–H groups in total. The van der Waals surface area contributed by atoms with Crippen molar-refractivity contribution in [1.82, 2.24) is 15.3 Å². The van der Waals surface area contributed by atoms with Gasteiger partial charge in [0.15, 0.2) is 0 Å². The van der Waals surface area contributed by atoms with E-state index in [1.807, 2.05) is 12.1 Å². The highest BCUT2D eigenvalue weighted by atomic mass is 79.9. The monoisotopic (exact) mass is 307 g/mol. The molecule has 1 heterocycles. The molecule has 94 valence electrons. The van der Waals surface area contributed by atoms with Gasteiger partial charge >= 0.3 is 0 Å². The lowest BCUT2D eigenvalue weighted by Crippen LogP contribution is -2.29. The molecule has 0 aliphatic heterocycles. The van der Waals surface area contributed by atoms with Crippen molar-refractivity contribution in [3.05, 3.63) is 36.2 Å². The maximum atomic E-state index is 12.1. The van der Waals surface area contributed by atoms with Gasteiger partial charge in [-0.1, -0.05) is 28.9 Å². The van der Waals surface area contributed by atoms with E-state index in [0.717, 1.165) is 10.8 Å². The molecule has 0 saturated heterocycles. The fourth-order valence-corrected chi connectivity index (χ4v) is 1.82. The molecule has 2 aromatic rings. The average molecular weight is 308 g/mol. The van der Waals surface area contributed by atoms with E-state index < -0.39 is 0 Å². The molecule has 1 unspecified atom stereocenters.